The summed E-state index contributed by atoms with van der Waals surface area (Å²) in [6.07, 6.45) is 2.53. The van der Waals surface area contributed by atoms with E-state index in [4.69, 9.17) is 0 Å². The van der Waals surface area contributed by atoms with E-state index in [0.29, 0.717) is 0 Å². The van der Waals surface area contributed by atoms with Gasteiger partial charge in [-0.2, -0.15) is 0 Å². The number of aromatic hydroxyl groups is 1. The Morgan fingerprint density at radius 1 is 1.29 bits per heavy atom. The Hall–Kier alpha value is -1.29. The second-order valence-electron chi connectivity index (χ2n) is 4.17. The molecule has 1 aromatic rings. The SMILES string of the molecule is CCCn1cc(O)c(=O)cc1CN(CC)CC. The lowest BCUT2D eigenvalue weighted by Crippen LogP contribution is -2.25. The quantitative estimate of drug-likeness (QED) is 0.822. The Morgan fingerprint density at radius 2 is 1.94 bits per heavy atom. The van der Waals surface area contributed by atoms with Crippen LogP contribution >= 0.6 is 0 Å². The van der Waals surface area contributed by atoms with Crippen molar-refractivity contribution in [3.63, 3.8) is 0 Å². The first-order valence-electron chi connectivity index (χ1n) is 6.27. The van der Waals surface area contributed by atoms with Crippen LogP contribution in [0.3, 0.4) is 0 Å². The van der Waals surface area contributed by atoms with Gasteiger partial charge in [-0.15, -0.1) is 0 Å². The van der Waals surface area contributed by atoms with E-state index in [-0.39, 0.29) is 11.2 Å². The predicted octanol–water partition coefficient (Wildman–Crippen LogP) is 1.81. The molecule has 0 aliphatic carbocycles. The van der Waals surface area contributed by atoms with Crippen LogP contribution in [0.15, 0.2) is 17.1 Å². The van der Waals surface area contributed by atoms with Crippen LogP contribution in [-0.4, -0.2) is 27.7 Å². The summed E-state index contributed by atoms with van der Waals surface area (Å²) in [4.78, 5) is 13.7. The average molecular weight is 238 g/mol. The van der Waals surface area contributed by atoms with E-state index in [2.05, 4.69) is 25.7 Å². The van der Waals surface area contributed by atoms with E-state index in [9.17, 15) is 9.90 Å². The van der Waals surface area contributed by atoms with Gasteiger partial charge in [0.1, 0.15) is 0 Å². The molecule has 0 bridgehead atoms. The third-order valence-electron chi connectivity index (χ3n) is 2.94. The second kappa shape index (κ2) is 6.45. The van der Waals surface area contributed by atoms with Crippen molar-refractivity contribution >= 4 is 0 Å². The standard InChI is InChI=1S/C13H22N2O2/c1-4-7-15-10-13(17)12(16)8-11(15)9-14(5-2)6-3/h8,10,17H,4-7,9H2,1-3H3. The van der Waals surface area contributed by atoms with Crippen molar-refractivity contribution in [3.05, 3.63) is 28.2 Å². The van der Waals surface area contributed by atoms with Gasteiger partial charge in [0.05, 0.1) is 6.20 Å². The van der Waals surface area contributed by atoms with Gasteiger partial charge in [-0.3, -0.25) is 9.69 Å². The first-order valence-corrected chi connectivity index (χ1v) is 6.27. The summed E-state index contributed by atoms with van der Waals surface area (Å²) in [5, 5.41) is 9.45. The van der Waals surface area contributed by atoms with Gasteiger partial charge in [0, 0.05) is 24.8 Å². The molecule has 0 saturated carbocycles. The molecule has 4 heteroatoms. The van der Waals surface area contributed by atoms with E-state index < -0.39 is 0 Å². The van der Waals surface area contributed by atoms with Crippen LogP contribution in [0.25, 0.3) is 0 Å². The highest BCUT2D eigenvalue weighted by atomic mass is 16.3. The summed E-state index contributed by atoms with van der Waals surface area (Å²) in [6.45, 7) is 9.77. The minimum absolute atomic E-state index is 0.165. The zero-order valence-corrected chi connectivity index (χ0v) is 10.9. The minimum Gasteiger partial charge on any atom is -0.503 e. The van der Waals surface area contributed by atoms with Gasteiger partial charge in [-0.25, -0.2) is 0 Å². The molecular formula is C13H22N2O2. The highest BCUT2D eigenvalue weighted by molar-refractivity contribution is 5.20. The maximum Gasteiger partial charge on any atom is 0.223 e. The summed E-state index contributed by atoms with van der Waals surface area (Å²) in [6, 6.07) is 1.54. The number of hydrogen-bond acceptors (Lipinski definition) is 3. The average Bonchev–Trinajstić information content (AvgIpc) is 2.32. The molecule has 17 heavy (non-hydrogen) atoms. The van der Waals surface area contributed by atoms with Gasteiger partial charge in [0.2, 0.25) is 5.43 Å². The lowest BCUT2D eigenvalue weighted by atomic mass is 10.2. The van der Waals surface area contributed by atoms with Crippen LogP contribution < -0.4 is 5.43 Å². The molecule has 0 amide bonds. The predicted molar refractivity (Wildman–Crippen MR) is 69.3 cm³/mol. The van der Waals surface area contributed by atoms with Crippen molar-refractivity contribution in [1.82, 2.24) is 9.47 Å². The van der Waals surface area contributed by atoms with Crippen molar-refractivity contribution in [1.29, 1.82) is 0 Å². The van der Waals surface area contributed by atoms with E-state index in [1.165, 1.54) is 0 Å². The van der Waals surface area contributed by atoms with Gasteiger partial charge in [0.25, 0.3) is 0 Å². The van der Waals surface area contributed by atoms with Crippen molar-refractivity contribution in [2.45, 2.75) is 40.3 Å². The molecule has 0 aliphatic heterocycles. The van der Waals surface area contributed by atoms with Crippen molar-refractivity contribution in [2.24, 2.45) is 0 Å². The van der Waals surface area contributed by atoms with Crippen LogP contribution in [0.5, 0.6) is 5.75 Å². The van der Waals surface area contributed by atoms with E-state index in [0.717, 1.165) is 38.3 Å². The van der Waals surface area contributed by atoms with Crippen molar-refractivity contribution in [3.8, 4) is 5.75 Å². The molecule has 0 aliphatic rings. The fourth-order valence-corrected chi connectivity index (χ4v) is 1.86. The van der Waals surface area contributed by atoms with Crippen LogP contribution in [0.4, 0.5) is 0 Å². The first-order chi connectivity index (χ1) is 8.12. The molecule has 1 aromatic heterocycles. The van der Waals surface area contributed by atoms with E-state index in [1.54, 1.807) is 12.3 Å². The third kappa shape index (κ3) is 3.60. The number of rotatable bonds is 6. The van der Waals surface area contributed by atoms with Crippen LogP contribution in [-0.2, 0) is 13.1 Å². The third-order valence-corrected chi connectivity index (χ3v) is 2.94. The molecule has 1 N–H and O–H groups in total. The second-order valence-corrected chi connectivity index (χ2v) is 4.17. The maximum atomic E-state index is 11.5. The van der Waals surface area contributed by atoms with Gasteiger partial charge >= 0.3 is 0 Å². The van der Waals surface area contributed by atoms with Gasteiger partial charge < -0.3 is 9.67 Å². The van der Waals surface area contributed by atoms with Crippen LogP contribution in [0, 0.1) is 0 Å². The Balaban J connectivity index is 3.03. The maximum absolute atomic E-state index is 11.5. The highest BCUT2D eigenvalue weighted by Gasteiger charge is 2.08. The monoisotopic (exact) mass is 238 g/mol. The number of hydrogen-bond donors (Lipinski definition) is 1. The number of nitrogens with zero attached hydrogens (tertiary/aromatic N) is 2. The Bertz CT molecular complexity index is 408. The molecule has 0 unspecified atom stereocenters. The zero-order valence-electron chi connectivity index (χ0n) is 10.9. The minimum atomic E-state index is -0.292. The van der Waals surface area contributed by atoms with Crippen LogP contribution in [0.1, 0.15) is 32.9 Å². The molecule has 1 heterocycles. The number of aromatic nitrogens is 1. The van der Waals surface area contributed by atoms with Crippen molar-refractivity contribution < 1.29 is 5.11 Å². The first kappa shape index (κ1) is 13.8. The van der Waals surface area contributed by atoms with Crippen LogP contribution in [0.2, 0.25) is 0 Å². The Kier molecular flexibility index (Phi) is 5.22. The highest BCUT2D eigenvalue weighted by Crippen LogP contribution is 2.09. The molecule has 0 saturated heterocycles. The molecular weight excluding hydrogens is 216 g/mol. The smallest absolute Gasteiger partial charge is 0.223 e. The van der Waals surface area contributed by atoms with Crippen molar-refractivity contribution in [2.75, 3.05) is 13.1 Å². The molecule has 0 spiro atoms. The van der Waals surface area contributed by atoms with E-state index in [1.807, 2.05) is 4.57 Å². The molecule has 0 radical (unpaired) electrons. The lowest BCUT2D eigenvalue weighted by Gasteiger charge is -2.21. The fourth-order valence-electron chi connectivity index (χ4n) is 1.86. The summed E-state index contributed by atoms with van der Waals surface area (Å²) in [7, 11) is 0. The Morgan fingerprint density at radius 3 is 2.47 bits per heavy atom. The lowest BCUT2D eigenvalue weighted by molar-refractivity contribution is 0.285. The van der Waals surface area contributed by atoms with Gasteiger partial charge in [-0.05, 0) is 19.5 Å². The van der Waals surface area contributed by atoms with Gasteiger partial charge in [0.15, 0.2) is 5.75 Å². The summed E-state index contributed by atoms with van der Waals surface area (Å²) >= 11 is 0. The molecule has 4 nitrogen and oxygen atoms in total. The molecule has 96 valence electrons. The normalized spacial score (nSPS) is 11.1. The fraction of sp³-hybridized carbons (Fsp3) is 0.615. The topological polar surface area (TPSA) is 45.5 Å². The summed E-state index contributed by atoms with van der Waals surface area (Å²) in [5.74, 6) is -0.165. The molecule has 1 rings (SSSR count). The number of aryl methyl sites for hydroxylation is 1. The zero-order chi connectivity index (χ0) is 12.8. The van der Waals surface area contributed by atoms with Gasteiger partial charge in [-0.1, -0.05) is 20.8 Å². The molecule has 0 atom stereocenters. The summed E-state index contributed by atoms with van der Waals surface area (Å²) in [5.41, 5.74) is 0.679. The summed E-state index contributed by atoms with van der Waals surface area (Å²) < 4.78 is 1.97. The largest absolute Gasteiger partial charge is 0.503 e. The Labute approximate surface area is 102 Å². The van der Waals surface area contributed by atoms with E-state index >= 15 is 0 Å². The number of pyridine rings is 1. The molecule has 0 fully saturated rings. The molecule has 0 aromatic carbocycles.